The van der Waals surface area contributed by atoms with Crippen LogP contribution in [-0.4, -0.2) is 29.0 Å². The van der Waals surface area contributed by atoms with Crippen LogP contribution < -0.4 is 9.46 Å². The SMILES string of the molecule is CS(=O)(=O)c1ccc(S(=O)(=O)NC(=O)c2ccc(OCc3ccc(F)cc3)cc2)cc1. The van der Waals surface area contributed by atoms with E-state index >= 15 is 0 Å². The molecule has 0 spiro atoms. The van der Waals surface area contributed by atoms with Crippen molar-refractivity contribution >= 4 is 25.8 Å². The molecular formula is C21H18FNO6S2. The van der Waals surface area contributed by atoms with Crippen LogP contribution in [0.4, 0.5) is 4.39 Å². The third-order valence-electron chi connectivity index (χ3n) is 4.22. The lowest BCUT2D eigenvalue weighted by Gasteiger charge is -2.09. The van der Waals surface area contributed by atoms with E-state index in [1.165, 1.54) is 36.4 Å². The Hall–Kier alpha value is -3.24. The van der Waals surface area contributed by atoms with Gasteiger partial charge in [0.05, 0.1) is 9.79 Å². The molecule has 3 rings (SSSR count). The van der Waals surface area contributed by atoms with Crippen LogP contribution in [-0.2, 0) is 26.5 Å². The topological polar surface area (TPSA) is 107 Å². The third-order valence-corrected chi connectivity index (χ3v) is 6.70. The van der Waals surface area contributed by atoms with Crippen molar-refractivity contribution in [2.75, 3.05) is 6.26 Å². The number of ether oxygens (including phenoxy) is 1. The fourth-order valence-electron chi connectivity index (χ4n) is 2.56. The molecule has 0 radical (unpaired) electrons. The van der Waals surface area contributed by atoms with Gasteiger partial charge in [-0.15, -0.1) is 0 Å². The standard InChI is InChI=1S/C21H18FNO6S2/c1-30(25,26)19-10-12-20(13-11-19)31(27,28)23-21(24)16-4-8-18(9-5-16)29-14-15-2-6-17(22)7-3-15/h2-13H,14H2,1H3,(H,23,24). The van der Waals surface area contributed by atoms with Gasteiger partial charge in [-0.05, 0) is 66.2 Å². The summed E-state index contributed by atoms with van der Waals surface area (Å²) in [5, 5.41) is 0. The smallest absolute Gasteiger partial charge is 0.265 e. The highest BCUT2D eigenvalue weighted by Gasteiger charge is 2.19. The van der Waals surface area contributed by atoms with E-state index in [2.05, 4.69) is 0 Å². The normalized spacial score (nSPS) is 11.7. The Morgan fingerprint density at radius 3 is 1.94 bits per heavy atom. The molecule has 1 amide bonds. The van der Waals surface area contributed by atoms with Crippen LogP contribution in [0, 0.1) is 5.82 Å². The second-order valence-corrected chi connectivity index (χ2v) is 10.3. The van der Waals surface area contributed by atoms with E-state index in [0.29, 0.717) is 5.75 Å². The van der Waals surface area contributed by atoms with E-state index in [9.17, 15) is 26.0 Å². The Balaban J connectivity index is 1.65. The molecule has 0 saturated carbocycles. The average Bonchev–Trinajstić information content (AvgIpc) is 2.73. The van der Waals surface area contributed by atoms with Crippen molar-refractivity contribution in [1.29, 1.82) is 0 Å². The minimum absolute atomic E-state index is 0.0333. The number of rotatable bonds is 7. The molecule has 3 aromatic rings. The fourth-order valence-corrected chi connectivity index (χ4v) is 4.16. The lowest BCUT2D eigenvalue weighted by atomic mass is 10.2. The Kier molecular flexibility index (Phi) is 6.42. The molecule has 1 N–H and O–H groups in total. The number of halogens is 1. The van der Waals surface area contributed by atoms with Gasteiger partial charge in [0, 0.05) is 11.8 Å². The minimum atomic E-state index is -4.19. The highest BCUT2D eigenvalue weighted by molar-refractivity contribution is 7.91. The van der Waals surface area contributed by atoms with E-state index in [-0.39, 0.29) is 27.8 Å². The van der Waals surface area contributed by atoms with Crippen LogP contribution in [0.5, 0.6) is 5.75 Å². The Morgan fingerprint density at radius 2 is 1.39 bits per heavy atom. The molecule has 0 unspecified atom stereocenters. The molecule has 31 heavy (non-hydrogen) atoms. The maximum atomic E-state index is 12.9. The van der Waals surface area contributed by atoms with Gasteiger partial charge in [-0.25, -0.2) is 25.9 Å². The van der Waals surface area contributed by atoms with Crippen molar-refractivity contribution in [1.82, 2.24) is 4.72 Å². The predicted octanol–water partition coefficient (Wildman–Crippen LogP) is 2.93. The summed E-state index contributed by atoms with van der Waals surface area (Å²) in [5.74, 6) is -0.752. The molecule has 0 aliphatic heterocycles. The Morgan fingerprint density at radius 1 is 0.839 bits per heavy atom. The van der Waals surface area contributed by atoms with E-state index < -0.39 is 25.8 Å². The summed E-state index contributed by atoms with van der Waals surface area (Å²) in [7, 11) is -7.66. The second-order valence-electron chi connectivity index (χ2n) is 6.62. The number of amides is 1. The number of carbonyl (C=O) groups excluding carboxylic acids is 1. The van der Waals surface area contributed by atoms with Gasteiger partial charge >= 0.3 is 0 Å². The van der Waals surface area contributed by atoms with Gasteiger partial charge in [-0.3, -0.25) is 4.79 Å². The molecule has 0 aromatic heterocycles. The van der Waals surface area contributed by atoms with Gasteiger partial charge in [-0.2, -0.15) is 0 Å². The van der Waals surface area contributed by atoms with Gasteiger partial charge in [0.2, 0.25) is 0 Å². The Labute approximate surface area is 179 Å². The van der Waals surface area contributed by atoms with E-state index in [1.54, 1.807) is 12.1 Å². The van der Waals surface area contributed by atoms with Gasteiger partial charge < -0.3 is 4.74 Å². The van der Waals surface area contributed by atoms with E-state index in [0.717, 1.165) is 36.1 Å². The first-order valence-corrected chi connectivity index (χ1v) is 12.3. The van der Waals surface area contributed by atoms with Crippen LogP contribution >= 0.6 is 0 Å². The molecule has 0 heterocycles. The lowest BCUT2D eigenvalue weighted by Crippen LogP contribution is -2.30. The fraction of sp³-hybridized carbons (Fsp3) is 0.0952. The van der Waals surface area contributed by atoms with E-state index in [4.69, 9.17) is 4.74 Å². The molecule has 3 aromatic carbocycles. The van der Waals surface area contributed by atoms with Gasteiger partial charge in [0.25, 0.3) is 15.9 Å². The summed E-state index contributed by atoms with van der Waals surface area (Å²) >= 11 is 0. The van der Waals surface area contributed by atoms with Crippen LogP contribution in [0.25, 0.3) is 0 Å². The summed E-state index contributed by atoms with van der Waals surface area (Å²) in [6, 6.07) is 16.2. The van der Waals surface area contributed by atoms with Crippen LogP contribution in [0.1, 0.15) is 15.9 Å². The van der Waals surface area contributed by atoms with Gasteiger partial charge in [0.15, 0.2) is 9.84 Å². The van der Waals surface area contributed by atoms with Crippen molar-refractivity contribution in [2.45, 2.75) is 16.4 Å². The molecular weight excluding hydrogens is 445 g/mol. The number of nitrogens with one attached hydrogen (secondary N) is 1. The first kappa shape index (κ1) is 22.4. The molecule has 0 saturated heterocycles. The maximum Gasteiger partial charge on any atom is 0.265 e. The number of hydrogen-bond donors (Lipinski definition) is 1. The third kappa shape index (κ3) is 5.89. The summed E-state index contributed by atoms with van der Waals surface area (Å²) in [5.41, 5.74) is 0.849. The average molecular weight is 464 g/mol. The highest BCUT2D eigenvalue weighted by Crippen LogP contribution is 2.17. The van der Waals surface area contributed by atoms with Crippen molar-refractivity contribution in [3.05, 3.63) is 89.7 Å². The van der Waals surface area contributed by atoms with Gasteiger partial charge in [0.1, 0.15) is 18.2 Å². The zero-order valence-electron chi connectivity index (χ0n) is 16.3. The van der Waals surface area contributed by atoms with E-state index in [1.807, 2.05) is 4.72 Å². The summed E-state index contributed by atoms with van der Waals surface area (Å²) in [6.45, 7) is 0.198. The van der Waals surface area contributed by atoms with Crippen LogP contribution in [0.15, 0.2) is 82.6 Å². The summed E-state index contributed by atoms with van der Waals surface area (Å²) in [6.07, 6.45) is 1.01. The van der Waals surface area contributed by atoms with Crippen molar-refractivity contribution in [3.63, 3.8) is 0 Å². The zero-order chi connectivity index (χ0) is 22.6. The molecule has 0 aliphatic carbocycles. The minimum Gasteiger partial charge on any atom is -0.489 e. The maximum absolute atomic E-state index is 12.9. The highest BCUT2D eigenvalue weighted by atomic mass is 32.2. The molecule has 0 fully saturated rings. The lowest BCUT2D eigenvalue weighted by molar-refractivity contribution is 0.0981. The molecule has 0 aliphatic rings. The molecule has 0 atom stereocenters. The molecule has 0 bridgehead atoms. The van der Waals surface area contributed by atoms with Crippen LogP contribution in [0.2, 0.25) is 0 Å². The Bertz CT molecular complexity index is 1290. The second kappa shape index (κ2) is 8.86. The number of sulfonamides is 1. The quantitative estimate of drug-likeness (QED) is 0.577. The van der Waals surface area contributed by atoms with Crippen molar-refractivity contribution in [3.8, 4) is 5.75 Å². The summed E-state index contributed by atoms with van der Waals surface area (Å²) < 4.78 is 68.2. The van der Waals surface area contributed by atoms with Crippen molar-refractivity contribution in [2.24, 2.45) is 0 Å². The molecule has 10 heteroatoms. The number of sulfone groups is 1. The molecule has 7 nitrogen and oxygen atoms in total. The monoisotopic (exact) mass is 463 g/mol. The van der Waals surface area contributed by atoms with Gasteiger partial charge in [-0.1, -0.05) is 12.1 Å². The zero-order valence-corrected chi connectivity index (χ0v) is 17.9. The summed E-state index contributed by atoms with van der Waals surface area (Å²) in [4.78, 5) is 12.0. The largest absolute Gasteiger partial charge is 0.489 e. The van der Waals surface area contributed by atoms with Crippen LogP contribution in [0.3, 0.4) is 0 Å². The number of hydrogen-bond acceptors (Lipinski definition) is 6. The predicted molar refractivity (Wildman–Crippen MR) is 111 cm³/mol. The number of carbonyl (C=O) groups is 1. The first-order valence-electron chi connectivity index (χ1n) is 8.89. The number of benzene rings is 3. The molecule has 162 valence electrons. The van der Waals surface area contributed by atoms with Crippen molar-refractivity contribution < 1.29 is 30.8 Å². The first-order chi connectivity index (χ1) is 14.5.